The molecule has 0 saturated carbocycles. The van der Waals surface area contributed by atoms with Crippen molar-refractivity contribution >= 4 is 46.2 Å². The van der Waals surface area contributed by atoms with Gasteiger partial charge in [-0.2, -0.15) is 5.01 Å². The van der Waals surface area contributed by atoms with Gasteiger partial charge in [-0.3, -0.25) is 15.0 Å². The number of hydrogen-bond acceptors (Lipinski definition) is 6. The van der Waals surface area contributed by atoms with Gasteiger partial charge in [-0.1, -0.05) is 36.0 Å². The van der Waals surface area contributed by atoms with Crippen LogP contribution in [0.5, 0.6) is 11.5 Å². The number of carbonyl (C=O) groups excluding carboxylic acids is 2. The molecule has 1 N–H and O–H groups in total. The monoisotopic (exact) mass is 414 g/mol. The fourth-order valence-corrected chi connectivity index (χ4v) is 3.70. The number of ether oxygens (including phenoxy) is 2. The van der Waals surface area contributed by atoms with Gasteiger partial charge in [-0.05, 0) is 55.0 Å². The van der Waals surface area contributed by atoms with Gasteiger partial charge in [0.25, 0.3) is 11.8 Å². The molecule has 1 aliphatic rings. The lowest BCUT2D eigenvalue weighted by molar-refractivity contribution is -0.123. The SMILES string of the molecule is CCOc1cc(/C=C2/SC(=S)N(NC(=O)c3ccccc3)C2=O)ccc1OC. The van der Waals surface area contributed by atoms with E-state index in [1.807, 2.05) is 19.1 Å². The summed E-state index contributed by atoms with van der Waals surface area (Å²) in [6, 6.07) is 14.0. The number of thioether (sulfide) groups is 1. The molecule has 2 amide bonds. The van der Waals surface area contributed by atoms with Crippen LogP contribution in [0.3, 0.4) is 0 Å². The summed E-state index contributed by atoms with van der Waals surface area (Å²) in [7, 11) is 1.57. The van der Waals surface area contributed by atoms with Crippen molar-refractivity contribution < 1.29 is 19.1 Å². The molecule has 0 spiro atoms. The predicted octanol–water partition coefficient (Wildman–Crippen LogP) is 3.64. The van der Waals surface area contributed by atoms with E-state index in [-0.39, 0.29) is 10.2 Å². The van der Waals surface area contributed by atoms with Crippen LogP contribution in [-0.4, -0.2) is 34.9 Å². The maximum atomic E-state index is 12.7. The lowest BCUT2D eigenvalue weighted by atomic mass is 10.2. The Morgan fingerprint density at radius 3 is 2.64 bits per heavy atom. The first kappa shape index (κ1) is 19.9. The Labute approximate surface area is 172 Å². The van der Waals surface area contributed by atoms with Crippen LogP contribution in [0, 0.1) is 0 Å². The van der Waals surface area contributed by atoms with Crippen LogP contribution in [0.15, 0.2) is 53.4 Å². The molecule has 1 heterocycles. The smallest absolute Gasteiger partial charge is 0.285 e. The molecule has 1 fully saturated rings. The highest BCUT2D eigenvalue weighted by atomic mass is 32.2. The molecule has 1 saturated heterocycles. The standard InChI is InChI=1S/C20H18N2O4S2/c1-3-26-16-11-13(9-10-15(16)25-2)12-17-19(24)22(20(27)28-17)21-18(23)14-7-5-4-6-8-14/h4-12H,3H2,1-2H3,(H,21,23)/b17-12+. The second-order valence-corrected chi connectivity index (χ2v) is 7.34. The topological polar surface area (TPSA) is 67.9 Å². The molecule has 144 valence electrons. The number of carbonyl (C=O) groups is 2. The summed E-state index contributed by atoms with van der Waals surface area (Å²) in [5, 5.41) is 1.09. The maximum Gasteiger partial charge on any atom is 0.285 e. The van der Waals surface area contributed by atoms with Gasteiger partial charge in [-0.25, -0.2) is 0 Å². The molecule has 0 atom stereocenters. The third-order valence-corrected chi connectivity index (χ3v) is 5.13. The minimum atomic E-state index is -0.402. The summed E-state index contributed by atoms with van der Waals surface area (Å²) in [6.07, 6.45) is 1.70. The second kappa shape index (κ2) is 8.90. The molecule has 0 aromatic heterocycles. The molecular formula is C20H18N2O4S2. The molecule has 0 radical (unpaired) electrons. The third kappa shape index (κ3) is 4.35. The first-order chi connectivity index (χ1) is 13.5. The van der Waals surface area contributed by atoms with Gasteiger partial charge in [0, 0.05) is 5.56 Å². The molecule has 3 rings (SSSR count). The Hall–Kier alpha value is -2.84. The van der Waals surface area contributed by atoms with Crippen molar-refractivity contribution in [1.29, 1.82) is 0 Å². The van der Waals surface area contributed by atoms with Crippen LogP contribution in [0.25, 0.3) is 6.08 Å². The minimum Gasteiger partial charge on any atom is -0.493 e. The third-order valence-electron chi connectivity index (χ3n) is 3.83. The molecule has 28 heavy (non-hydrogen) atoms. The number of rotatable bonds is 6. The molecule has 0 bridgehead atoms. The van der Waals surface area contributed by atoms with Gasteiger partial charge in [-0.15, -0.1) is 0 Å². The zero-order valence-electron chi connectivity index (χ0n) is 15.3. The molecule has 6 nitrogen and oxygen atoms in total. The lowest BCUT2D eigenvalue weighted by Crippen LogP contribution is -2.44. The first-order valence-corrected chi connectivity index (χ1v) is 9.70. The summed E-state index contributed by atoms with van der Waals surface area (Å²) in [4.78, 5) is 25.4. The van der Waals surface area contributed by atoms with Crippen molar-refractivity contribution in [3.63, 3.8) is 0 Å². The number of thiocarbonyl (C=S) groups is 1. The normalized spacial score (nSPS) is 15.1. The summed E-state index contributed by atoms with van der Waals surface area (Å²) < 4.78 is 11.1. The maximum absolute atomic E-state index is 12.7. The van der Waals surface area contributed by atoms with E-state index < -0.39 is 5.91 Å². The van der Waals surface area contributed by atoms with E-state index in [1.54, 1.807) is 49.6 Å². The number of nitrogens with one attached hydrogen (secondary N) is 1. The van der Waals surface area contributed by atoms with Gasteiger partial charge in [0.2, 0.25) is 0 Å². The summed E-state index contributed by atoms with van der Waals surface area (Å²) >= 11 is 6.38. The van der Waals surface area contributed by atoms with Crippen LogP contribution in [-0.2, 0) is 4.79 Å². The van der Waals surface area contributed by atoms with Crippen molar-refractivity contribution in [2.75, 3.05) is 13.7 Å². The Balaban J connectivity index is 1.79. The van der Waals surface area contributed by atoms with Gasteiger partial charge in [0.05, 0.1) is 18.6 Å². The fraction of sp³-hybridized carbons (Fsp3) is 0.150. The van der Waals surface area contributed by atoms with Gasteiger partial charge < -0.3 is 9.47 Å². The predicted molar refractivity (Wildman–Crippen MR) is 113 cm³/mol. The average Bonchev–Trinajstić information content (AvgIpc) is 2.96. The van der Waals surface area contributed by atoms with Crippen molar-refractivity contribution in [2.24, 2.45) is 0 Å². The Bertz CT molecular complexity index is 944. The molecule has 2 aromatic carbocycles. The molecule has 2 aromatic rings. The van der Waals surface area contributed by atoms with Crippen LogP contribution in [0.2, 0.25) is 0 Å². The van der Waals surface area contributed by atoms with Crippen molar-refractivity contribution in [3.05, 3.63) is 64.6 Å². The van der Waals surface area contributed by atoms with Crippen LogP contribution >= 0.6 is 24.0 Å². The molecular weight excluding hydrogens is 396 g/mol. The fourth-order valence-electron chi connectivity index (χ4n) is 2.52. The zero-order chi connectivity index (χ0) is 20.1. The summed E-state index contributed by atoms with van der Waals surface area (Å²) in [5.74, 6) is 0.419. The Morgan fingerprint density at radius 2 is 1.96 bits per heavy atom. The lowest BCUT2D eigenvalue weighted by Gasteiger charge is -2.15. The number of hydrazine groups is 1. The van der Waals surface area contributed by atoms with E-state index in [0.717, 1.165) is 22.3 Å². The van der Waals surface area contributed by atoms with Crippen molar-refractivity contribution in [2.45, 2.75) is 6.92 Å². The Morgan fingerprint density at radius 1 is 1.21 bits per heavy atom. The number of amides is 2. The molecule has 0 aliphatic carbocycles. The van der Waals surface area contributed by atoms with E-state index in [0.29, 0.717) is 28.6 Å². The van der Waals surface area contributed by atoms with Gasteiger partial charge in [0.15, 0.2) is 15.8 Å². The number of methoxy groups -OCH3 is 1. The van der Waals surface area contributed by atoms with Crippen molar-refractivity contribution in [3.8, 4) is 11.5 Å². The van der Waals surface area contributed by atoms with Crippen LogP contribution in [0.1, 0.15) is 22.8 Å². The van der Waals surface area contributed by atoms with Gasteiger partial charge >= 0.3 is 0 Å². The number of benzene rings is 2. The number of nitrogens with zero attached hydrogens (tertiary/aromatic N) is 1. The second-order valence-electron chi connectivity index (χ2n) is 5.67. The summed E-state index contributed by atoms with van der Waals surface area (Å²) in [6.45, 7) is 2.38. The minimum absolute atomic E-state index is 0.263. The zero-order valence-corrected chi connectivity index (χ0v) is 16.9. The largest absolute Gasteiger partial charge is 0.493 e. The Kier molecular flexibility index (Phi) is 6.33. The quantitative estimate of drug-likeness (QED) is 0.575. The van der Waals surface area contributed by atoms with E-state index in [1.165, 1.54) is 0 Å². The average molecular weight is 415 g/mol. The number of hydrogen-bond donors (Lipinski definition) is 1. The summed E-state index contributed by atoms with van der Waals surface area (Å²) in [5.41, 5.74) is 3.76. The molecule has 0 unspecified atom stereocenters. The highest BCUT2D eigenvalue weighted by Gasteiger charge is 2.33. The highest BCUT2D eigenvalue weighted by molar-refractivity contribution is 8.26. The van der Waals surface area contributed by atoms with E-state index in [9.17, 15) is 9.59 Å². The van der Waals surface area contributed by atoms with E-state index >= 15 is 0 Å². The van der Waals surface area contributed by atoms with E-state index in [2.05, 4.69) is 5.43 Å². The molecule has 8 heteroatoms. The van der Waals surface area contributed by atoms with E-state index in [4.69, 9.17) is 21.7 Å². The van der Waals surface area contributed by atoms with Crippen molar-refractivity contribution in [1.82, 2.24) is 10.4 Å². The van der Waals surface area contributed by atoms with Gasteiger partial charge in [0.1, 0.15) is 0 Å². The molecule has 1 aliphatic heterocycles. The highest BCUT2D eigenvalue weighted by Crippen LogP contribution is 2.34. The van der Waals surface area contributed by atoms with Crippen LogP contribution < -0.4 is 14.9 Å². The first-order valence-electron chi connectivity index (χ1n) is 8.48. The van der Waals surface area contributed by atoms with Crippen LogP contribution in [0.4, 0.5) is 0 Å².